The summed E-state index contributed by atoms with van der Waals surface area (Å²) in [7, 11) is 0. The van der Waals surface area contributed by atoms with E-state index in [1.165, 1.54) is 0 Å². The Morgan fingerprint density at radius 2 is 2.06 bits per heavy atom. The normalized spacial score (nSPS) is 21.0. The monoisotopic (exact) mass is 221 g/mol. The van der Waals surface area contributed by atoms with Crippen LogP contribution in [-0.2, 0) is 18.0 Å². The lowest BCUT2D eigenvalue weighted by atomic mass is 9.97. The molecule has 2 aliphatic heterocycles. The van der Waals surface area contributed by atoms with Crippen LogP contribution in [0.3, 0.4) is 0 Å². The molecule has 86 valence electrons. The Labute approximate surface area is 93.2 Å². The van der Waals surface area contributed by atoms with Gasteiger partial charge in [-0.15, -0.1) is 0 Å². The SMILES string of the molecule is O=c1[nH]c(C2CCNCC2)nc2c1COC2. The van der Waals surface area contributed by atoms with E-state index >= 15 is 0 Å². The van der Waals surface area contributed by atoms with E-state index < -0.39 is 0 Å². The second-order valence-electron chi connectivity index (χ2n) is 4.39. The minimum absolute atomic E-state index is 0.0176. The topological polar surface area (TPSA) is 67.0 Å². The maximum atomic E-state index is 11.8. The van der Waals surface area contributed by atoms with Gasteiger partial charge in [0.15, 0.2) is 0 Å². The maximum Gasteiger partial charge on any atom is 0.256 e. The van der Waals surface area contributed by atoms with Crippen LogP contribution in [-0.4, -0.2) is 23.1 Å². The van der Waals surface area contributed by atoms with E-state index in [9.17, 15) is 4.79 Å². The first kappa shape index (κ1) is 9.99. The number of hydrogen-bond acceptors (Lipinski definition) is 4. The number of nitrogens with one attached hydrogen (secondary N) is 2. The zero-order valence-electron chi connectivity index (χ0n) is 9.08. The van der Waals surface area contributed by atoms with Crippen LogP contribution < -0.4 is 10.9 Å². The van der Waals surface area contributed by atoms with Crippen molar-refractivity contribution in [1.82, 2.24) is 15.3 Å². The summed E-state index contributed by atoms with van der Waals surface area (Å²) in [5.41, 5.74) is 1.52. The molecule has 3 rings (SSSR count). The predicted molar refractivity (Wildman–Crippen MR) is 58.2 cm³/mol. The van der Waals surface area contributed by atoms with Crippen molar-refractivity contribution in [1.29, 1.82) is 0 Å². The average molecular weight is 221 g/mol. The minimum Gasteiger partial charge on any atom is -0.370 e. The summed E-state index contributed by atoms with van der Waals surface area (Å²) in [5.74, 6) is 1.23. The molecule has 0 bridgehead atoms. The summed E-state index contributed by atoms with van der Waals surface area (Å²) >= 11 is 0. The highest BCUT2D eigenvalue weighted by atomic mass is 16.5. The van der Waals surface area contributed by atoms with Gasteiger partial charge in [-0.1, -0.05) is 0 Å². The molecule has 1 aromatic heterocycles. The van der Waals surface area contributed by atoms with Crippen LogP contribution >= 0.6 is 0 Å². The summed E-state index contributed by atoms with van der Waals surface area (Å²) in [6.45, 7) is 2.89. The molecule has 1 fully saturated rings. The largest absolute Gasteiger partial charge is 0.370 e. The molecule has 5 heteroatoms. The number of piperidine rings is 1. The van der Waals surface area contributed by atoms with E-state index in [1.54, 1.807) is 0 Å². The third-order valence-corrected chi connectivity index (χ3v) is 3.33. The molecule has 0 saturated carbocycles. The van der Waals surface area contributed by atoms with E-state index in [-0.39, 0.29) is 5.56 Å². The van der Waals surface area contributed by atoms with Crippen molar-refractivity contribution in [2.24, 2.45) is 0 Å². The van der Waals surface area contributed by atoms with Gasteiger partial charge in [-0.25, -0.2) is 4.98 Å². The number of aromatic amines is 1. The van der Waals surface area contributed by atoms with Gasteiger partial charge in [-0.2, -0.15) is 0 Å². The summed E-state index contributed by atoms with van der Waals surface area (Å²) in [5, 5.41) is 3.31. The quantitative estimate of drug-likeness (QED) is 0.714. The lowest BCUT2D eigenvalue weighted by molar-refractivity contribution is 0.132. The lowest BCUT2D eigenvalue weighted by Crippen LogP contribution is -2.29. The first-order valence-corrected chi connectivity index (χ1v) is 5.75. The molecule has 2 N–H and O–H groups in total. The maximum absolute atomic E-state index is 11.8. The van der Waals surface area contributed by atoms with Gasteiger partial charge in [0.1, 0.15) is 5.82 Å². The van der Waals surface area contributed by atoms with E-state index in [0.29, 0.717) is 24.7 Å². The molecule has 0 aliphatic carbocycles. The van der Waals surface area contributed by atoms with Crippen molar-refractivity contribution in [2.45, 2.75) is 32.0 Å². The van der Waals surface area contributed by atoms with Crippen LogP contribution in [0.15, 0.2) is 4.79 Å². The van der Waals surface area contributed by atoms with Crippen molar-refractivity contribution in [3.63, 3.8) is 0 Å². The van der Waals surface area contributed by atoms with Crippen molar-refractivity contribution in [3.05, 3.63) is 27.4 Å². The number of rotatable bonds is 1. The molecule has 0 unspecified atom stereocenters. The van der Waals surface area contributed by atoms with Crippen LogP contribution in [0, 0.1) is 0 Å². The van der Waals surface area contributed by atoms with Crippen molar-refractivity contribution >= 4 is 0 Å². The van der Waals surface area contributed by atoms with E-state index in [2.05, 4.69) is 15.3 Å². The van der Waals surface area contributed by atoms with Gasteiger partial charge < -0.3 is 15.0 Å². The average Bonchev–Trinajstić information content (AvgIpc) is 2.79. The highest BCUT2D eigenvalue weighted by molar-refractivity contribution is 5.20. The summed E-state index contributed by atoms with van der Waals surface area (Å²) in [4.78, 5) is 19.2. The lowest BCUT2D eigenvalue weighted by Gasteiger charge is -2.21. The Morgan fingerprint density at radius 1 is 1.25 bits per heavy atom. The minimum atomic E-state index is -0.0176. The standard InChI is InChI=1S/C11H15N3O2/c15-11-8-5-16-6-9(8)13-10(14-11)7-1-3-12-4-2-7/h7,12H,1-6H2,(H,13,14,15). The van der Waals surface area contributed by atoms with Crippen LogP contribution in [0.1, 0.15) is 35.8 Å². The fraction of sp³-hybridized carbons (Fsp3) is 0.636. The summed E-state index contributed by atoms with van der Waals surface area (Å²) < 4.78 is 5.24. The van der Waals surface area contributed by atoms with Gasteiger partial charge in [0.25, 0.3) is 5.56 Å². The zero-order chi connectivity index (χ0) is 11.0. The van der Waals surface area contributed by atoms with E-state index in [4.69, 9.17) is 4.74 Å². The molecular weight excluding hydrogens is 206 g/mol. The number of H-pyrrole nitrogens is 1. The fourth-order valence-electron chi connectivity index (χ4n) is 2.37. The third-order valence-electron chi connectivity index (χ3n) is 3.33. The van der Waals surface area contributed by atoms with Crippen LogP contribution in [0.5, 0.6) is 0 Å². The van der Waals surface area contributed by atoms with Crippen LogP contribution in [0.25, 0.3) is 0 Å². The zero-order valence-corrected chi connectivity index (χ0v) is 9.08. The molecule has 3 heterocycles. The summed E-state index contributed by atoms with van der Waals surface area (Å²) in [6, 6.07) is 0. The molecule has 5 nitrogen and oxygen atoms in total. The molecule has 0 atom stereocenters. The number of ether oxygens (including phenoxy) is 1. The van der Waals surface area contributed by atoms with Crippen molar-refractivity contribution < 1.29 is 4.74 Å². The van der Waals surface area contributed by atoms with Gasteiger partial charge in [0.2, 0.25) is 0 Å². The highest BCUT2D eigenvalue weighted by Crippen LogP contribution is 2.23. The molecule has 1 aromatic rings. The van der Waals surface area contributed by atoms with Crippen LogP contribution in [0.4, 0.5) is 0 Å². The van der Waals surface area contributed by atoms with E-state index in [0.717, 1.165) is 37.4 Å². The molecule has 0 spiro atoms. The Balaban J connectivity index is 1.96. The molecule has 1 saturated heterocycles. The third kappa shape index (κ3) is 1.66. The second kappa shape index (κ2) is 3.99. The summed E-state index contributed by atoms with van der Waals surface area (Å²) in [6.07, 6.45) is 2.09. The van der Waals surface area contributed by atoms with Gasteiger partial charge in [-0.05, 0) is 25.9 Å². The van der Waals surface area contributed by atoms with Gasteiger partial charge in [-0.3, -0.25) is 4.79 Å². The number of nitrogens with zero attached hydrogens (tertiary/aromatic N) is 1. The van der Waals surface area contributed by atoms with Gasteiger partial charge in [0.05, 0.1) is 24.5 Å². The predicted octanol–water partition coefficient (Wildman–Crippen LogP) is 0.267. The molecule has 2 aliphatic rings. The van der Waals surface area contributed by atoms with Gasteiger partial charge >= 0.3 is 0 Å². The molecule has 0 radical (unpaired) electrons. The smallest absolute Gasteiger partial charge is 0.256 e. The number of fused-ring (bicyclic) bond motifs is 1. The highest BCUT2D eigenvalue weighted by Gasteiger charge is 2.22. The number of hydrogen-bond donors (Lipinski definition) is 2. The number of aromatic nitrogens is 2. The second-order valence-corrected chi connectivity index (χ2v) is 4.39. The van der Waals surface area contributed by atoms with E-state index in [1.807, 2.05) is 0 Å². The molecular formula is C11H15N3O2. The molecule has 0 aromatic carbocycles. The Morgan fingerprint density at radius 3 is 2.88 bits per heavy atom. The Bertz CT molecular complexity index is 449. The first-order chi connectivity index (χ1) is 7.84. The molecule has 16 heavy (non-hydrogen) atoms. The Hall–Kier alpha value is -1.20. The first-order valence-electron chi connectivity index (χ1n) is 5.75. The van der Waals surface area contributed by atoms with Crippen LogP contribution in [0.2, 0.25) is 0 Å². The molecule has 0 amide bonds. The van der Waals surface area contributed by atoms with Gasteiger partial charge in [0, 0.05) is 5.92 Å². The Kier molecular flexibility index (Phi) is 2.49. The van der Waals surface area contributed by atoms with Crippen molar-refractivity contribution in [3.8, 4) is 0 Å². The fourth-order valence-corrected chi connectivity index (χ4v) is 2.37. The van der Waals surface area contributed by atoms with Crippen molar-refractivity contribution in [2.75, 3.05) is 13.1 Å².